The largest absolute Gasteiger partial charge is 0.396 e. The standard InChI is InChI=1S/C19H32O3/c1-18(12-21)8-6-17-15(16(18)7-10-20)4-3-13-11-14(22)5-9-19(13,17)2/h3,14-17,20-22H,4-12H2,1-2H3/t14-,15-,16?,17-,18+,19-/m0/s1. The minimum absolute atomic E-state index is 0.0419. The number of hydrogen-bond acceptors (Lipinski definition) is 3. The zero-order valence-corrected chi connectivity index (χ0v) is 14.1. The van der Waals surface area contributed by atoms with Gasteiger partial charge in [0.25, 0.3) is 0 Å². The van der Waals surface area contributed by atoms with E-state index in [0.717, 1.165) is 38.5 Å². The summed E-state index contributed by atoms with van der Waals surface area (Å²) in [7, 11) is 0. The number of fused-ring (bicyclic) bond motifs is 3. The first-order chi connectivity index (χ1) is 10.4. The van der Waals surface area contributed by atoms with Crippen LogP contribution in [0.15, 0.2) is 11.6 Å². The summed E-state index contributed by atoms with van der Waals surface area (Å²) in [6, 6.07) is 0. The third-order valence-corrected chi connectivity index (χ3v) is 7.40. The van der Waals surface area contributed by atoms with E-state index in [9.17, 15) is 15.3 Å². The quantitative estimate of drug-likeness (QED) is 0.703. The summed E-state index contributed by atoms with van der Waals surface area (Å²) in [4.78, 5) is 0. The molecule has 0 bridgehead atoms. The van der Waals surface area contributed by atoms with Crippen molar-refractivity contribution in [1.82, 2.24) is 0 Å². The molecule has 3 rings (SSSR count). The molecular weight excluding hydrogens is 276 g/mol. The smallest absolute Gasteiger partial charge is 0.0577 e. The van der Waals surface area contributed by atoms with Crippen molar-refractivity contribution in [3.63, 3.8) is 0 Å². The molecule has 0 aromatic heterocycles. The van der Waals surface area contributed by atoms with Gasteiger partial charge in [0, 0.05) is 13.2 Å². The highest BCUT2D eigenvalue weighted by molar-refractivity contribution is 5.24. The Hall–Kier alpha value is -0.380. The van der Waals surface area contributed by atoms with Gasteiger partial charge in [0.1, 0.15) is 0 Å². The van der Waals surface area contributed by atoms with E-state index < -0.39 is 0 Å². The molecule has 0 amide bonds. The van der Waals surface area contributed by atoms with Gasteiger partial charge in [0.05, 0.1) is 6.10 Å². The van der Waals surface area contributed by atoms with Crippen molar-refractivity contribution in [2.75, 3.05) is 13.2 Å². The molecule has 0 heterocycles. The van der Waals surface area contributed by atoms with Crippen LogP contribution in [0.2, 0.25) is 0 Å². The molecule has 3 nitrogen and oxygen atoms in total. The van der Waals surface area contributed by atoms with E-state index in [4.69, 9.17) is 0 Å². The normalized spacial score (nSPS) is 48.3. The summed E-state index contributed by atoms with van der Waals surface area (Å²) in [5, 5.41) is 29.5. The number of hydrogen-bond donors (Lipinski definition) is 3. The Morgan fingerprint density at radius 1 is 1.18 bits per heavy atom. The van der Waals surface area contributed by atoms with Gasteiger partial charge >= 0.3 is 0 Å². The summed E-state index contributed by atoms with van der Waals surface area (Å²) in [6.45, 7) is 5.05. The van der Waals surface area contributed by atoms with E-state index in [-0.39, 0.29) is 30.1 Å². The second kappa shape index (κ2) is 5.92. The van der Waals surface area contributed by atoms with Gasteiger partial charge in [-0.25, -0.2) is 0 Å². The fraction of sp³-hybridized carbons (Fsp3) is 0.895. The summed E-state index contributed by atoms with van der Waals surface area (Å²) in [6.07, 6.45) is 9.17. The molecule has 1 unspecified atom stereocenters. The maximum Gasteiger partial charge on any atom is 0.0577 e. The van der Waals surface area contributed by atoms with Crippen LogP contribution in [-0.4, -0.2) is 34.6 Å². The van der Waals surface area contributed by atoms with Crippen molar-refractivity contribution in [3.05, 3.63) is 11.6 Å². The molecule has 3 heteroatoms. The van der Waals surface area contributed by atoms with Crippen molar-refractivity contribution in [2.24, 2.45) is 28.6 Å². The van der Waals surface area contributed by atoms with Gasteiger partial charge in [-0.3, -0.25) is 0 Å². The Morgan fingerprint density at radius 3 is 2.64 bits per heavy atom. The average Bonchev–Trinajstić information content (AvgIpc) is 2.51. The molecule has 6 atom stereocenters. The lowest BCUT2D eigenvalue weighted by Gasteiger charge is -2.58. The maximum absolute atomic E-state index is 10.0. The van der Waals surface area contributed by atoms with Crippen LogP contribution >= 0.6 is 0 Å². The molecular formula is C19H32O3. The van der Waals surface area contributed by atoms with Crippen LogP contribution in [0.1, 0.15) is 58.8 Å². The Kier molecular flexibility index (Phi) is 4.43. The third kappa shape index (κ3) is 2.46. The highest BCUT2D eigenvalue weighted by Crippen LogP contribution is 2.61. The number of aliphatic hydroxyl groups is 3. The maximum atomic E-state index is 10.0. The molecule has 3 N–H and O–H groups in total. The Labute approximate surface area is 134 Å². The van der Waals surface area contributed by atoms with Gasteiger partial charge < -0.3 is 15.3 Å². The van der Waals surface area contributed by atoms with E-state index in [2.05, 4.69) is 19.9 Å². The second-order valence-electron chi connectivity index (χ2n) is 8.52. The van der Waals surface area contributed by atoms with Gasteiger partial charge in [-0.2, -0.15) is 0 Å². The van der Waals surface area contributed by atoms with E-state index in [0.29, 0.717) is 17.8 Å². The van der Waals surface area contributed by atoms with Crippen LogP contribution in [0, 0.1) is 28.6 Å². The Morgan fingerprint density at radius 2 is 1.95 bits per heavy atom. The molecule has 126 valence electrons. The molecule has 0 aromatic carbocycles. The molecule has 0 aromatic rings. The van der Waals surface area contributed by atoms with Crippen LogP contribution < -0.4 is 0 Å². The fourth-order valence-corrected chi connectivity index (χ4v) is 5.93. The van der Waals surface area contributed by atoms with Crippen molar-refractivity contribution in [2.45, 2.75) is 64.9 Å². The SMILES string of the molecule is C[C@]1(CO)CC[C@H]2[C@@H](CC=C3C[C@@H](O)CC[C@@]32C)C1CCO. The van der Waals surface area contributed by atoms with Crippen molar-refractivity contribution in [1.29, 1.82) is 0 Å². The molecule has 0 saturated heterocycles. The molecule has 2 saturated carbocycles. The average molecular weight is 308 g/mol. The zero-order chi connectivity index (χ0) is 16.0. The highest BCUT2D eigenvalue weighted by Gasteiger charge is 2.54. The predicted octanol–water partition coefficient (Wildman–Crippen LogP) is 2.89. The number of allylic oxidation sites excluding steroid dienone is 1. The lowest BCUT2D eigenvalue weighted by Crippen LogP contribution is -2.51. The van der Waals surface area contributed by atoms with E-state index in [1.165, 1.54) is 12.0 Å². The minimum atomic E-state index is -0.157. The molecule has 22 heavy (non-hydrogen) atoms. The molecule has 3 aliphatic rings. The Bertz CT molecular complexity index is 446. The van der Waals surface area contributed by atoms with Crippen LogP contribution in [0.3, 0.4) is 0 Å². The van der Waals surface area contributed by atoms with Crippen molar-refractivity contribution < 1.29 is 15.3 Å². The number of rotatable bonds is 3. The molecule has 0 aliphatic heterocycles. The third-order valence-electron chi connectivity index (χ3n) is 7.40. The van der Waals surface area contributed by atoms with Crippen molar-refractivity contribution in [3.8, 4) is 0 Å². The summed E-state index contributed by atoms with van der Waals surface area (Å²) in [5.74, 6) is 1.63. The zero-order valence-electron chi connectivity index (χ0n) is 14.1. The lowest BCUT2D eigenvalue weighted by atomic mass is 9.47. The summed E-state index contributed by atoms with van der Waals surface area (Å²) in [5.41, 5.74) is 1.66. The molecule has 0 radical (unpaired) electrons. The highest BCUT2D eigenvalue weighted by atomic mass is 16.3. The minimum Gasteiger partial charge on any atom is -0.396 e. The van der Waals surface area contributed by atoms with Crippen LogP contribution in [0.4, 0.5) is 0 Å². The first kappa shape index (κ1) is 16.5. The van der Waals surface area contributed by atoms with Crippen LogP contribution in [0.25, 0.3) is 0 Å². The van der Waals surface area contributed by atoms with E-state index in [1.807, 2.05) is 0 Å². The van der Waals surface area contributed by atoms with Gasteiger partial charge in [-0.1, -0.05) is 25.5 Å². The molecule has 3 aliphatic carbocycles. The monoisotopic (exact) mass is 308 g/mol. The summed E-state index contributed by atoms with van der Waals surface area (Å²) >= 11 is 0. The van der Waals surface area contributed by atoms with Gasteiger partial charge in [0.15, 0.2) is 0 Å². The predicted molar refractivity (Wildman–Crippen MR) is 87.3 cm³/mol. The summed E-state index contributed by atoms with van der Waals surface area (Å²) < 4.78 is 0. The fourth-order valence-electron chi connectivity index (χ4n) is 5.93. The van der Waals surface area contributed by atoms with E-state index >= 15 is 0 Å². The first-order valence-electron chi connectivity index (χ1n) is 9.04. The van der Waals surface area contributed by atoms with E-state index in [1.54, 1.807) is 0 Å². The van der Waals surface area contributed by atoms with Crippen LogP contribution in [-0.2, 0) is 0 Å². The Balaban J connectivity index is 1.92. The van der Waals surface area contributed by atoms with Gasteiger partial charge in [0.2, 0.25) is 0 Å². The lowest BCUT2D eigenvalue weighted by molar-refractivity contribution is -0.0774. The number of aliphatic hydroxyl groups excluding tert-OH is 3. The second-order valence-corrected chi connectivity index (χ2v) is 8.52. The topological polar surface area (TPSA) is 60.7 Å². The molecule has 2 fully saturated rings. The first-order valence-corrected chi connectivity index (χ1v) is 9.04. The van der Waals surface area contributed by atoms with Crippen molar-refractivity contribution >= 4 is 0 Å². The molecule has 0 spiro atoms. The van der Waals surface area contributed by atoms with Crippen LogP contribution in [0.5, 0.6) is 0 Å². The van der Waals surface area contributed by atoms with Gasteiger partial charge in [-0.05, 0) is 73.5 Å². The van der Waals surface area contributed by atoms with Gasteiger partial charge in [-0.15, -0.1) is 0 Å².